The lowest BCUT2D eigenvalue weighted by atomic mass is 10.2. The SMILES string of the molecule is CCN1CCNC(C)CC1. The van der Waals surface area contributed by atoms with Crippen LogP contribution in [0.15, 0.2) is 0 Å². The predicted octanol–water partition coefficient (Wildman–Crippen LogP) is 0.690. The molecule has 2 heteroatoms. The third-order valence-corrected chi connectivity index (χ3v) is 2.25. The van der Waals surface area contributed by atoms with Crippen LogP contribution in [0.4, 0.5) is 0 Å². The van der Waals surface area contributed by atoms with Gasteiger partial charge in [-0.3, -0.25) is 0 Å². The van der Waals surface area contributed by atoms with Crippen LogP contribution in [-0.2, 0) is 0 Å². The van der Waals surface area contributed by atoms with Gasteiger partial charge in [-0.05, 0) is 26.4 Å². The van der Waals surface area contributed by atoms with E-state index in [9.17, 15) is 0 Å². The van der Waals surface area contributed by atoms with Gasteiger partial charge < -0.3 is 10.2 Å². The van der Waals surface area contributed by atoms with Crippen molar-refractivity contribution in [2.45, 2.75) is 26.3 Å². The minimum absolute atomic E-state index is 0.719. The van der Waals surface area contributed by atoms with E-state index in [2.05, 4.69) is 24.1 Å². The normalized spacial score (nSPS) is 30.0. The molecule has 2 nitrogen and oxygen atoms in total. The molecule has 1 atom stereocenters. The Balaban J connectivity index is 2.26. The molecule has 60 valence electrons. The molecule has 0 aliphatic carbocycles. The molecule has 0 saturated carbocycles. The highest BCUT2D eigenvalue weighted by Gasteiger charge is 2.10. The van der Waals surface area contributed by atoms with Crippen molar-refractivity contribution in [1.29, 1.82) is 0 Å². The molecule has 0 radical (unpaired) electrons. The van der Waals surface area contributed by atoms with E-state index in [0.717, 1.165) is 12.6 Å². The summed E-state index contributed by atoms with van der Waals surface area (Å²) in [5.41, 5.74) is 0. The molecule has 10 heavy (non-hydrogen) atoms. The van der Waals surface area contributed by atoms with Crippen LogP contribution in [-0.4, -0.2) is 37.1 Å². The van der Waals surface area contributed by atoms with E-state index in [0.29, 0.717) is 0 Å². The molecular weight excluding hydrogens is 124 g/mol. The van der Waals surface area contributed by atoms with Gasteiger partial charge in [0.15, 0.2) is 0 Å². The van der Waals surface area contributed by atoms with Gasteiger partial charge in [-0.2, -0.15) is 0 Å². The lowest BCUT2D eigenvalue weighted by Crippen LogP contribution is -2.28. The van der Waals surface area contributed by atoms with Crippen molar-refractivity contribution in [3.05, 3.63) is 0 Å². The molecule has 1 heterocycles. The second-order valence-corrected chi connectivity index (χ2v) is 3.08. The van der Waals surface area contributed by atoms with Crippen molar-refractivity contribution in [3.63, 3.8) is 0 Å². The number of hydrogen-bond donors (Lipinski definition) is 1. The Morgan fingerprint density at radius 2 is 2.30 bits per heavy atom. The van der Waals surface area contributed by atoms with Gasteiger partial charge in [0.05, 0.1) is 0 Å². The van der Waals surface area contributed by atoms with Crippen LogP contribution in [0.5, 0.6) is 0 Å². The minimum Gasteiger partial charge on any atom is -0.313 e. The molecule has 1 rings (SSSR count). The molecule has 1 aliphatic heterocycles. The topological polar surface area (TPSA) is 15.3 Å². The number of hydrogen-bond acceptors (Lipinski definition) is 2. The second kappa shape index (κ2) is 3.94. The zero-order valence-corrected chi connectivity index (χ0v) is 7.06. The standard InChI is InChI=1S/C8H18N2/c1-3-10-6-4-8(2)9-5-7-10/h8-9H,3-7H2,1-2H3. The highest BCUT2D eigenvalue weighted by Crippen LogP contribution is 1.99. The highest BCUT2D eigenvalue weighted by atomic mass is 15.1. The fourth-order valence-corrected chi connectivity index (χ4v) is 1.38. The van der Waals surface area contributed by atoms with E-state index in [4.69, 9.17) is 0 Å². The first-order valence-corrected chi connectivity index (χ1v) is 4.28. The van der Waals surface area contributed by atoms with E-state index in [1.54, 1.807) is 0 Å². The van der Waals surface area contributed by atoms with Crippen molar-refractivity contribution < 1.29 is 0 Å². The molecule has 1 saturated heterocycles. The van der Waals surface area contributed by atoms with Gasteiger partial charge in [-0.1, -0.05) is 6.92 Å². The zero-order chi connectivity index (χ0) is 7.40. The van der Waals surface area contributed by atoms with Gasteiger partial charge in [-0.25, -0.2) is 0 Å². The van der Waals surface area contributed by atoms with Gasteiger partial charge in [0.25, 0.3) is 0 Å². The number of likely N-dealkylation sites (N-methyl/N-ethyl adjacent to an activating group) is 1. The summed E-state index contributed by atoms with van der Waals surface area (Å²) in [7, 11) is 0. The number of nitrogens with zero attached hydrogens (tertiary/aromatic N) is 1. The third kappa shape index (κ3) is 2.27. The van der Waals surface area contributed by atoms with Crippen LogP contribution >= 0.6 is 0 Å². The summed E-state index contributed by atoms with van der Waals surface area (Å²) in [6, 6.07) is 0.719. The van der Waals surface area contributed by atoms with Crippen LogP contribution in [0, 0.1) is 0 Å². The zero-order valence-electron chi connectivity index (χ0n) is 7.06. The lowest BCUT2D eigenvalue weighted by Gasteiger charge is -2.15. The highest BCUT2D eigenvalue weighted by molar-refractivity contribution is 4.70. The number of nitrogens with one attached hydrogen (secondary N) is 1. The molecule has 1 N–H and O–H groups in total. The summed E-state index contributed by atoms with van der Waals surface area (Å²) in [6.07, 6.45) is 1.30. The Kier molecular flexibility index (Phi) is 3.16. The summed E-state index contributed by atoms with van der Waals surface area (Å²) in [5.74, 6) is 0. The molecule has 0 spiro atoms. The molecule has 1 unspecified atom stereocenters. The fraction of sp³-hybridized carbons (Fsp3) is 1.00. The van der Waals surface area contributed by atoms with Gasteiger partial charge in [0, 0.05) is 19.1 Å². The van der Waals surface area contributed by atoms with E-state index in [1.807, 2.05) is 0 Å². The Morgan fingerprint density at radius 3 is 3.00 bits per heavy atom. The van der Waals surface area contributed by atoms with E-state index in [-0.39, 0.29) is 0 Å². The molecule has 0 bridgehead atoms. The summed E-state index contributed by atoms with van der Waals surface area (Å²) in [6.45, 7) is 9.35. The first-order valence-electron chi connectivity index (χ1n) is 4.28. The Hall–Kier alpha value is -0.0800. The summed E-state index contributed by atoms with van der Waals surface area (Å²) in [5, 5.41) is 3.47. The fourth-order valence-electron chi connectivity index (χ4n) is 1.38. The molecule has 1 fully saturated rings. The molecular formula is C8H18N2. The smallest absolute Gasteiger partial charge is 0.0107 e. The van der Waals surface area contributed by atoms with E-state index >= 15 is 0 Å². The van der Waals surface area contributed by atoms with Crippen molar-refractivity contribution >= 4 is 0 Å². The quantitative estimate of drug-likeness (QED) is 0.579. The molecule has 0 aromatic carbocycles. The van der Waals surface area contributed by atoms with Crippen molar-refractivity contribution in [3.8, 4) is 0 Å². The first kappa shape index (κ1) is 8.02. The average Bonchev–Trinajstić information content (AvgIpc) is 2.14. The van der Waals surface area contributed by atoms with E-state index in [1.165, 1.54) is 26.1 Å². The monoisotopic (exact) mass is 142 g/mol. The summed E-state index contributed by atoms with van der Waals surface area (Å²) >= 11 is 0. The van der Waals surface area contributed by atoms with Crippen LogP contribution < -0.4 is 5.32 Å². The third-order valence-electron chi connectivity index (χ3n) is 2.25. The second-order valence-electron chi connectivity index (χ2n) is 3.08. The van der Waals surface area contributed by atoms with Gasteiger partial charge in [0.2, 0.25) is 0 Å². The minimum atomic E-state index is 0.719. The maximum atomic E-state index is 3.47. The van der Waals surface area contributed by atoms with Gasteiger partial charge in [0.1, 0.15) is 0 Å². The number of rotatable bonds is 1. The van der Waals surface area contributed by atoms with Crippen molar-refractivity contribution in [2.24, 2.45) is 0 Å². The van der Waals surface area contributed by atoms with Gasteiger partial charge >= 0.3 is 0 Å². The Bertz CT molecular complexity index is 93.3. The molecule has 0 aromatic heterocycles. The van der Waals surface area contributed by atoms with Crippen LogP contribution in [0.2, 0.25) is 0 Å². The predicted molar refractivity (Wildman–Crippen MR) is 44.2 cm³/mol. The first-order chi connectivity index (χ1) is 4.83. The molecule has 0 amide bonds. The summed E-state index contributed by atoms with van der Waals surface area (Å²) < 4.78 is 0. The van der Waals surface area contributed by atoms with Crippen molar-refractivity contribution in [1.82, 2.24) is 10.2 Å². The Labute approximate surface area is 63.6 Å². The Morgan fingerprint density at radius 1 is 1.50 bits per heavy atom. The van der Waals surface area contributed by atoms with Crippen LogP contribution in [0.3, 0.4) is 0 Å². The largest absolute Gasteiger partial charge is 0.313 e. The maximum absolute atomic E-state index is 3.47. The molecule has 1 aliphatic rings. The molecule has 0 aromatic rings. The van der Waals surface area contributed by atoms with Crippen LogP contribution in [0.1, 0.15) is 20.3 Å². The summed E-state index contributed by atoms with van der Waals surface area (Å²) in [4.78, 5) is 2.50. The van der Waals surface area contributed by atoms with E-state index < -0.39 is 0 Å². The van der Waals surface area contributed by atoms with Crippen LogP contribution in [0.25, 0.3) is 0 Å². The average molecular weight is 142 g/mol. The van der Waals surface area contributed by atoms with Crippen molar-refractivity contribution in [2.75, 3.05) is 26.2 Å². The maximum Gasteiger partial charge on any atom is 0.0107 e. The lowest BCUT2D eigenvalue weighted by molar-refractivity contribution is 0.307. The van der Waals surface area contributed by atoms with Gasteiger partial charge in [-0.15, -0.1) is 0 Å².